The summed E-state index contributed by atoms with van der Waals surface area (Å²) in [5.74, 6) is 0. The molecule has 0 aliphatic rings. The van der Waals surface area contributed by atoms with Crippen molar-refractivity contribution < 1.29 is 8.83 Å². The topological polar surface area (TPSA) is 97.6 Å². The highest BCUT2D eigenvalue weighted by molar-refractivity contribution is 6.13. The minimum atomic E-state index is 0.387. The van der Waals surface area contributed by atoms with Gasteiger partial charge in [0.05, 0.1) is 28.8 Å². The second-order valence-corrected chi connectivity index (χ2v) is 10.7. The number of fused-ring (bicyclic) bond motifs is 6. The minimum absolute atomic E-state index is 0.387. The molecular weight excluding hydrogens is 542 g/mol. The summed E-state index contributed by atoms with van der Waals surface area (Å²) >= 11 is 0. The highest BCUT2D eigenvalue weighted by Gasteiger charge is 2.20. The molecule has 0 amide bonds. The molecule has 8 rings (SSSR count). The first-order valence-corrected chi connectivity index (χ1v) is 14.0. The van der Waals surface area contributed by atoms with Crippen LogP contribution in [0.1, 0.15) is 16.7 Å². The second-order valence-electron chi connectivity index (χ2n) is 10.7. The summed E-state index contributed by atoms with van der Waals surface area (Å²) in [6.45, 7) is 0. The molecule has 5 heteroatoms. The van der Waals surface area contributed by atoms with Gasteiger partial charge in [0.25, 0.3) is 0 Å². The van der Waals surface area contributed by atoms with Crippen LogP contribution in [0.3, 0.4) is 0 Å². The number of rotatable bonds is 3. The molecule has 5 nitrogen and oxygen atoms in total. The van der Waals surface area contributed by atoms with E-state index in [1.807, 2.05) is 97.1 Å². The normalized spacial score (nSPS) is 11.1. The van der Waals surface area contributed by atoms with E-state index in [1.54, 1.807) is 18.2 Å². The van der Waals surface area contributed by atoms with Crippen molar-refractivity contribution in [3.63, 3.8) is 0 Å². The number of benzene rings is 6. The Labute approximate surface area is 251 Å². The Kier molecular flexibility index (Phi) is 5.56. The molecule has 0 spiro atoms. The zero-order valence-corrected chi connectivity index (χ0v) is 23.1. The standard InChI is InChI=1S/C39H19N3O2/c40-20-23-14-24(21-41)16-26(15-23)27-17-32(25-12-13-29-28-6-1-3-9-35(28)44-38(29)19-25)34(22-42)33(18-27)30-8-5-11-37-39(30)31-7-2-4-10-36(31)43-37/h1-19H. The van der Waals surface area contributed by atoms with Crippen molar-refractivity contribution in [2.24, 2.45) is 0 Å². The fraction of sp³-hybridized carbons (Fsp3) is 0. The molecule has 0 aliphatic carbocycles. The molecule has 0 aliphatic heterocycles. The van der Waals surface area contributed by atoms with Crippen LogP contribution < -0.4 is 0 Å². The molecule has 8 aromatic rings. The van der Waals surface area contributed by atoms with Crippen molar-refractivity contribution in [2.75, 3.05) is 0 Å². The van der Waals surface area contributed by atoms with E-state index in [9.17, 15) is 15.8 Å². The van der Waals surface area contributed by atoms with Crippen LogP contribution in [0.25, 0.3) is 77.3 Å². The molecule has 0 unspecified atom stereocenters. The lowest BCUT2D eigenvalue weighted by Crippen LogP contribution is -1.94. The Morgan fingerprint density at radius 2 is 1.02 bits per heavy atom. The second kappa shape index (κ2) is 9.74. The summed E-state index contributed by atoms with van der Waals surface area (Å²) in [6, 6.07) is 43.5. The molecule has 0 N–H and O–H groups in total. The molecule has 2 heterocycles. The first kappa shape index (κ1) is 25.1. The lowest BCUT2D eigenvalue weighted by atomic mass is 9.86. The first-order valence-electron chi connectivity index (χ1n) is 14.0. The van der Waals surface area contributed by atoms with Gasteiger partial charge in [-0.1, -0.05) is 54.6 Å². The molecule has 6 aromatic carbocycles. The van der Waals surface area contributed by atoms with E-state index in [4.69, 9.17) is 8.83 Å². The number of nitriles is 3. The van der Waals surface area contributed by atoms with Crippen LogP contribution in [0, 0.1) is 34.0 Å². The highest BCUT2D eigenvalue weighted by atomic mass is 16.3. The van der Waals surface area contributed by atoms with Crippen molar-refractivity contribution in [2.45, 2.75) is 0 Å². The maximum absolute atomic E-state index is 10.7. The molecule has 0 fully saturated rings. The van der Waals surface area contributed by atoms with Gasteiger partial charge in [-0.05, 0) is 82.9 Å². The van der Waals surface area contributed by atoms with Gasteiger partial charge in [0.2, 0.25) is 0 Å². The third-order valence-electron chi connectivity index (χ3n) is 8.16. The van der Waals surface area contributed by atoms with Crippen LogP contribution in [-0.4, -0.2) is 0 Å². The van der Waals surface area contributed by atoms with Gasteiger partial charge in [0.1, 0.15) is 28.4 Å². The third-order valence-corrected chi connectivity index (χ3v) is 8.16. The van der Waals surface area contributed by atoms with Gasteiger partial charge in [-0.2, -0.15) is 15.8 Å². The van der Waals surface area contributed by atoms with E-state index in [2.05, 4.69) is 18.2 Å². The molecular formula is C39H19N3O2. The monoisotopic (exact) mass is 561 g/mol. The number of hydrogen-bond donors (Lipinski definition) is 0. The van der Waals surface area contributed by atoms with Gasteiger partial charge in [0, 0.05) is 32.7 Å². The average Bonchev–Trinajstić information content (AvgIpc) is 3.65. The van der Waals surface area contributed by atoms with Crippen molar-refractivity contribution in [3.05, 3.63) is 132 Å². The van der Waals surface area contributed by atoms with Gasteiger partial charge < -0.3 is 8.83 Å². The summed E-state index contributed by atoms with van der Waals surface area (Å²) in [5.41, 5.74) is 8.88. The Balaban J connectivity index is 1.47. The smallest absolute Gasteiger partial charge is 0.136 e. The zero-order valence-electron chi connectivity index (χ0n) is 23.1. The fourth-order valence-corrected chi connectivity index (χ4v) is 6.19. The van der Waals surface area contributed by atoms with Crippen molar-refractivity contribution >= 4 is 43.9 Å². The Morgan fingerprint density at radius 3 is 1.77 bits per heavy atom. The summed E-state index contributed by atoms with van der Waals surface area (Å²) in [4.78, 5) is 0. The lowest BCUT2D eigenvalue weighted by molar-refractivity contribution is 0.668. The maximum atomic E-state index is 10.7. The van der Waals surface area contributed by atoms with E-state index in [1.165, 1.54) is 0 Å². The van der Waals surface area contributed by atoms with E-state index in [0.29, 0.717) is 27.8 Å². The Bertz CT molecular complexity index is 2570. The van der Waals surface area contributed by atoms with E-state index in [0.717, 1.165) is 66.1 Å². The van der Waals surface area contributed by atoms with Crippen LogP contribution in [0.15, 0.2) is 124 Å². The van der Waals surface area contributed by atoms with Crippen LogP contribution in [0.4, 0.5) is 0 Å². The summed E-state index contributed by atoms with van der Waals surface area (Å²) < 4.78 is 12.4. The third kappa shape index (κ3) is 3.84. The average molecular weight is 562 g/mol. The SMILES string of the molecule is N#Cc1cc(C#N)cc(-c2cc(-c3ccc4c(c3)oc3ccccc34)c(C#N)c(-c3cccc4oc5ccccc5c34)c2)c1. The first-order chi connectivity index (χ1) is 21.6. The van der Waals surface area contributed by atoms with E-state index >= 15 is 0 Å². The van der Waals surface area contributed by atoms with E-state index < -0.39 is 0 Å². The van der Waals surface area contributed by atoms with Gasteiger partial charge in [-0.15, -0.1) is 0 Å². The van der Waals surface area contributed by atoms with E-state index in [-0.39, 0.29) is 0 Å². The summed E-state index contributed by atoms with van der Waals surface area (Å²) in [6.07, 6.45) is 0. The molecule has 202 valence electrons. The molecule has 2 aromatic heterocycles. The Morgan fingerprint density at radius 1 is 0.409 bits per heavy atom. The molecule has 0 atom stereocenters. The van der Waals surface area contributed by atoms with Crippen molar-refractivity contribution in [1.29, 1.82) is 15.8 Å². The number of furan rings is 2. The summed E-state index contributed by atoms with van der Waals surface area (Å²) in [5, 5.41) is 34.0. The van der Waals surface area contributed by atoms with Crippen LogP contribution >= 0.6 is 0 Å². The molecule has 0 saturated carbocycles. The van der Waals surface area contributed by atoms with Crippen LogP contribution in [0.5, 0.6) is 0 Å². The predicted molar refractivity (Wildman–Crippen MR) is 171 cm³/mol. The van der Waals surface area contributed by atoms with Gasteiger partial charge in [0.15, 0.2) is 0 Å². The molecule has 0 radical (unpaired) electrons. The molecule has 44 heavy (non-hydrogen) atoms. The number of nitrogens with zero attached hydrogens (tertiary/aromatic N) is 3. The maximum Gasteiger partial charge on any atom is 0.136 e. The Hall–Kier alpha value is -6.61. The van der Waals surface area contributed by atoms with Crippen LogP contribution in [0.2, 0.25) is 0 Å². The predicted octanol–water partition coefficient (Wildman–Crippen LogP) is 10.1. The number of hydrogen-bond acceptors (Lipinski definition) is 5. The van der Waals surface area contributed by atoms with Gasteiger partial charge >= 0.3 is 0 Å². The van der Waals surface area contributed by atoms with Gasteiger partial charge in [-0.25, -0.2) is 0 Å². The lowest BCUT2D eigenvalue weighted by Gasteiger charge is -2.15. The van der Waals surface area contributed by atoms with Gasteiger partial charge in [-0.3, -0.25) is 0 Å². The van der Waals surface area contributed by atoms with Crippen molar-refractivity contribution in [1.82, 2.24) is 0 Å². The minimum Gasteiger partial charge on any atom is -0.456 e. The molecule has 0 bridgehead atoms. The quantitative estimate of drug-likeness (QED) is 0.214. The number of para-hydroxylation sites is 2. The highest BCUT2D eigenvalue weighted by Crippen LogP contribution is 2.43. The zero-order chi connectivity index (χ0) is 29.8. The fourth-order valence-electron chi connectivity index (χ4n) is 6.19. The van der Waals surface area contributed by atoms with Crippen LogP contribution in [-0.2, 0) is 0 Å². The molecule has 0 saturated heterocycles. The largest absolute Gasteiger partial charge is 0.456 e. The summed E-state index contributed by atoms with van der Waals surface area (Å²) in [7, 11) is 0. The van der Waals surface area contributed by atoms with Crippen molar-refractivity contribution in [3.8, 4) is 51.6 Å².